The van der Waals surface area contributed by atoms with Gasteiger partial charge < -0.3 is 9.80 Å². The first-order valence-corrected chi connectivity index (χ1v) is 19.1. The Kier molecular flexibility index (Phi) is 7.85. The lowest BCUT2D eigenvalue weighted by Gasteiger charge is -2.31. The van der Waals surface area contributed by atoms with Crippen LogP contribution in [0.15, 0.2) is 206 Å². The van der Waals surface area contributed by atoms with Crippen LogP contribution in [-0.2, 0) is 5.41 Å². The van der Waals surface area contributed by atoms with Gasteiger partial charge in [-0.3, -0.25) is 0 Å². The Balaban J connectivity index is 1.22. The van der Waals surface area contributed by atoms with E-state index in [4.69, 9.17) is 0 Å². The van der Waals surface area contributed by atoms with Crippen molar-refractivity contribution in [3.63, 3.8) is 0 Å². The highest BCUT2D eigenvalue weighted by molar-refractivity contribution is 6.05. The van der Waals surface area contributed by atoms with Crippen molar-refractivity contribution in [1.82, 2.24) is 0 Å². The van der Waals surface area contributed by atoms with E-state index in [2.05, 4.69) is 230 Å². The van der Waals surface area contributed by atoms with E-state index >= 15 is 0 Å². The third kappa shape index (κ3) is 5.57. The Labute approximate surface area is 323 Å². The molecule has 10 rings (SSSR count). The number of benzene rings is 9. The molecule has 1 aliphatic rings. The fraction of sp³-hybridized carbons (Fsp3) is 0.0566. The number of hydrogen-bond donors (Lipinski definition) is 0. The molecule has 0 unspecified atom stereocenters. The molecule has 262 valence electrons. The number of nitrogens with zero attached hydrogens (tertiary/aromatic N) is 2. The summed E-state index contributed by atoms with van der Waals surface area (Å²) < 4.78 is 0. The van der Waals surface area contributed by atoms with Crippen molar-refractivity contribution in [2.24, 2.45) is 0 Å². The molecule has 0 saturated heterocycles. The summed E-state index contributed by atoms with van der Waals surface area (Å²) >= 11 is 0. The first-order chi connectivity index (χ1) is 27.0. The second-order valence-electron chi connectivity index (χ2n) is 15.0. The molecule has 0 spiro atoms. The van der Waals surface area contributed by atoms with E-state index in [0.717, 1.165) is 34.1 Å². The topological polar surface area (TPSA) is 6.48 Å². The minimum absolute atomic E-state index is 0.0770. The minimum Gasteiger partial charge on any atom is -0.311 e. The molecule has 0 heterocycles. The molecule has 0 amide bonds. The van der Waals surface area contributed by atoms with E-state index in [1.54, 1.807) is 0 Å². The first-order valence-electron chi connectivity index (χ1n) is 19.1. The molecule has 0 radical (unpaired) electrons. The zero-order valence-corrected chi connectivity index (χ0v) is 31.0. The molecule has 0 atom stereocenters. The predicted molar refractivity (Wildman–Crippen MR) is 234 cm³/mol. The molecule has 0 aromatic heterocycles. The van der Waals surface area contributed by atoms with E-state index in [1.165, 1.54) is 54.9 Å². The Morgan fingerprint density at radius 1 is 0.309 bits per heavy atom. The highest BCUT2D eigenvalue weighted by Crippen LogP contribution is 2.52. The Morgan fingerprint density at radius 3 is 1.51 bits per heavy atom. The van der Waals surface area contributed by atoms with Crippen LogP contribution in [0.4, 0.5) is 34.1 Å². The van der Waals surface area contributed by atoms with Crippen LogP contribution in [0.25, 0.3) is 43.8 Å². The number of rotatable bonds is 7. The van der Waals surface area contributed by atoms with Crippen LogP contribution < -0.4 is 9.80 Å². The maximum absolute atomic E-state index is 2.47. The Hall–Kier alpha value is -6.90. The molecule has 0 saturated carbocycles. The average Bonchev–Trinajstić information content (AvgIpc) is 3.47. The standard InChI is InChI=1S/C53H40N2/c1-53(2)50-27-14-13-25-47(50)48-36-44(32-33-51(48)53)55(43-30-28-42(29-31-43)54(40-20-5-3-6-21-40)41-22-7-4-8-23-41)52-35-39-18-10-9-17-38(39)34-49(52)46-26-15-19-37-16-11-12-24-45(37)46/h3-36H,1-2H3. The third-order valence-electron chi connectivity index (χ3n) is 11.4. The van der Waals surface area contributed by atoms with Gasteiger partial charge in [-0.05, 0) is 122 Å². The molecule has 9 aromatic rings. The lowest BCUT2D eigenvalue weighted by molar-refractivity contribution is 0.660. The minimum atomic E-state index is -0.0770. The third-order valence-corrected chi connectivity index (χ3v) is 11.4. The van der Waals surface area contributed by atoms with Gasteiger partial charge in [-0.25, -0.2) is 0 Å². The van der Waals surface area contributed by atoms with Crippen molar-refractivity contribution in [3.05, 3.63) is 217 Å². The molecule has 0 bridgehead atoms. The summed E-state index contributed by atoms with van der Waals surface area (Å²) in [5.74, 6) is 0. The molecule has 9 aromatic carbocycles. The second kappa shape index (κ2) is 13.2. The highest BCUT2D eigenvalue weighted by atomic mass is 15.2. The van der Waals surface area contributed by atoms with Crippen molar-refractivity contribution in [3.8, 4) is 22.3 Å². The van der Waals surface area contributed by atoms with Crippen LogP contribution in [0, 0.1) is 0 Å². The summed E-state index contributed by atoms with van der Waals surface area (Å²) in [6, 6.07) is 75.2. The molecular weight excluding hydrogens is 665 g/mol. The van der Waals surface area contributed by atoms with E-state index in [9.17, 15) is 0 Å². The fourth-order valence-corrected chi connectivity index (χ4v) is 8.72. The number of anilines is 6. The molecule has 2 heteroatoms. The Morgan fingerprint density at radius 2 is 0.800 bits per heavy atom. The highest BCUT2D eigenvalue weighted by Gasteiger charge is 2.35. The van der Waals surface area contributed by atoms with Crippen LogP contribution in [0.5, 0.6) is 0 Å². The van der Waals surface area contributed by atoms with Gasteiger partial charge in [0.1, 0.15) is 0 Å². The summed E-state index contributed by atoms with van der Waals surface area (Å²) in [6.07, 6.45) is 0. The second-order valence-corrected chi connectivity index (χ2v) is 15.0. The maximum atomic E-state index is 2.47. The lowest BCUT2D eigenvalue weighted by atomic mass is 9.82. The van der Waals surface area contributed by atoms with E-state index in [-0.39, 0.29) is 5.41 Å². The van der Waals surface area contributed by atoms with E-state index < -0.39 is 0 Å². The van der Waals surface area contributed by atoms with Gasteiger partial charge in [0.25, 0.3) is 0 Å². The lowest BCUT2D eigenvalue weighted by Crippen LogP contribution is -2.16. The van der Waals surface area contributed by atoms with Crippen molar-refractivity contribution < 1.29 is 0 Å². The van der Waals surface area contributed by atoms with Crippen LogP contribution in [-0.4, -0.2) is 0 Å². The van der Waals surface area contributed by atoms with Gasteiger partial charge in [-0.1, -0.05) is 147 Å². The molecular formula is C53H40N2. The average molecular weight is 705 g/mol. The van der Waals surface area contributed by atoms with E-state index in [0.29, 0.717) is 0 Å². The summed E-state index contributed by atoms with van der Waals surface area (Å²) in [5, 5.41) is 4.89. The summed E-state index contributed by atoms with van der Waals surface area (Å²) in [7, 11) is 0. The van der Waals surface area contributed by atoms with Crippen LogP contribution in [0.3, 0.4) is 0 Å². The fourth-order valence-electron chi connectivity index (χ4n) is 8.72. The number of fused-ring (bicyclic) bond motifs is 5. The molecule has 0 aliphatic heterocycles. The van der Waals surface area contributed by atoms with Gasteiger partial charge in [0.15, 0.2) is 0 Å². The van der Waals surface area contributed by atoms with Gasteiger partial charge in [-0.2, -0.15) is 0 Å². The largest absolute Gasteiger partial charge is 0.311 e. The first kappa shape index (κ1) is 32.7. The van der Waals surface area contributed by atoms with Crippen molar-refractivity contribution in [2.75, 3.05) is 9.80 Å². The van der Waals surface area contributed by atoms with Gasteiger partial charge in [0.05, 0.1) is 5.69 Å². The molecule has 0 fully saturated rings. The molecule has 0 N–H and O–H groups in total. The SMILES string of the molecule is CC1(C)c2ccccc2-c2cc(N(c3ccc(N(c4ccccc4)c4ccccc4)cc3)c3cc4ccccc4cc3-c3cccc4ccccc34)ccc21. The molecule has 55 heavy (non-hydrogen) atoms. The normalized spacial score (nSPS) is 12.7. The van der Waals surface area contributed by atoms with Crippen LogP contribution in [0.1, 0.15) is 25.0 Å². The van der Waals surface area contributed by atoms with Crippen LogP contribution in [0.2, 0.25) is 0 Å². The number of hydrogen-bond acceptors (Lipinski definition) is 2. The van der Waals surface area contributed by atoms with Gasteiger partial charge in [-0.15, -0.1) is 0 Å². The van der Waals surface area contributed by atoms with Crippen molar-refractivity contribution in [1.29, 1.82) is 0 Å². The summed E-state index contributed by atoms with van der Waals surface area (Å²) in [6.45, 7) is 4.70. The zero-order valence-electron chi connectivity index (χ0n) is 31.0. The monoisotopic (exact) mass is 704 g/mol. The summed E-state index contributed by atoms with van der Waals surface area (Å²) in [4.78, 5) is 4.79. The maximum Gasteiger partial charge on any atom is 0.0546 e. The van der Waals surface area contributed by atoms with Crippen molar-refractivity contribution in [2.45, 2.75) is 19.3 Å². The molecule has 1 aliphatic carbocycles. The number of para-hydroxylation sites is 2. The quantitative estimate of drug-likeness (QED) is 0.163. The van der Waals surface area contributed by atoms with Gasteiger partial charge in [0, 0.05) is 39.4 Å². The predicted octanol–water partition coefficient (Wildman–Crippen LogP) is 14.9. The smallest absolute Gasteiger partial charge is 0.0546 e. The zero-order chi connectivity index (χ0) is 36.9. The summed E-state index contributed by atoms with van der Waals surface area (Å²) in [5.41, 5.74) is 14.4. The Bertz CT molecular complexity index is 2790. The van der Waals surface area contributed by atoms with Crippen LogP contribution >= 0.6 is 0 Å². The van der Waals surface area contributed by atoms with E-state index in [1.807, 2.05) is 0 Å². The molecule has 2 nitrogen and oxygen atoms in total. The van der Waals surface area contributed by atoms with Crippen molar-refractivity contribution >= 4 is 55.7 Å². The van der Waals surface area contributed by atoms with Gasteiger partial charge >= 0.3 is 0 Å². The van der Waals surface area contributed by atoms with Gasteiger partial charge in [0.2, 0.25) is 0 Å².